The minimum absolute atomic E-state index is 0.428. The van der Waals surface area contributed by atoms with Gasteiger partial charge in [-0.05, 0) is 37.5 Å². The maximum atomic E-state index is 10.1. The molecule has 2 nitrogen and oxygen atoms in total. The molecule has 78 valence electrons. The zero-order chi connectivity index (χ0) is 10.6. The van der Waals surface area contributed by atoms with E-state index in [9.17, 15) is 5.11 Å². The molecule has 0 bridgehead atoms. The zero-order valence-corrected chi connectivity index (χ0v) is 10.1. The molecule has 0 aliphatic heterocycles. The van der Waals surface area contributed by atoms with Gasteiger partial charge in [-0.3, -0.25) is 0 Å². The fourth-order valence-corrected chi connectivity index (χ4v) is 2.74. The van der Waals surface area contributed by atoms with E-state index >= 15 is 0 Å². The predicted octanol–water partition coefficient (Wildman–Crippen LogP) is 3.75. The molecule has 3 rings (SSSR count). The van der Waals surface area contributed by atoms with Crippen molar-refractivity contribution in [3.63, 3.8) is 0 Å². The van der Waals surface area contributed by atoms with Gasteiger partial charge in [0.05, 0.1) is 0 Å². The van der Waals surface area contributed by atoms with Crippen molar-refractivity contribution in [3.8, 4) is 5.88 Å². The van der Waals surface area contributed by atoms with Crippen LogP contribution in [0.15, 0.2) is 22.8 Å². The van der Waals surface area contributed by atoms with E-state index in [4.69, 9.17) is 0 Å². The Labute approximate surface area is 96.6 Å². The van der Waals surface area contributed by atoms with Gasteiger partial charge in [0.25, 0.3) is 0 Å². The minimum atomic E-state index is 0.428. The quantitative estimate of drug-likeness (QED) is 0.835. The third-order valence-electron chi connectivity index (χ3n) is 3.02. The van der Waals surface area contributed by atoms with E-state index < -0.39 is 0 Å². The fraction of sp³-hybridized carbons (Fsp3) is 0.333. The van der Waals surface area contributed by atoms with Gasteiger partial charge < -0.3 is 9.67 Å². The third kappa shape index (κ3) is 1.37. The molecule has 3 heteroatoms. The number of aromatic hydroxyl groups is 1. The summed E-state index contributed by atoms with van der Waals surface area (Å²) >= 11 is 3.48. The van der Waals surface area contributed by atoms with Crippen LogP contribution in [0.4, 0.5) is 0 Å². The fourth-order valence-electron chi connectivity index (χ4n) is 2.15. The predicted molar refractivity (Wildman–Crippen MR) is 64.3 cm³/mol. The zero-order valence-electron chi connectivity index (χ0n) is 8.50. The molecule has 2 aromatic rings. The van der Waals surface area contributed by atoms with E-state index in [-0.39, 0.29) is 0 Å². The monoisotopic (exact) mass is 265 g/mol. The van der Waals surface area contributed by atoms with Gasteiger partial charge in [-0.25, -0.2) is 0 Å². The van der Waals surface area contributed by atoms with Crippen molar-refractivity contribution in [2.45, 2.75) is 25.8 Å². The van der Waals surface area contributed by atoms with Gasteiger partial charge in [-0.1, -0.05) is 15.9 Å². The highest BCUT2D eigenvalue weighted by atomic mass is 79.9. The Morgan fingerprint density at radius 1 is 1.40 bits per heavy atom. The summed E-state index contributed by atoms with van der Waals surface area (Å²) in [5.74, 6) is 0.428. The molecule has 1 fully saturated rings. The van der Waals surface area contributed by atoms with E-state index in [1.807, 2.05) is 17.6 Å². The summed E-state index contributed by atoms with van der Waals surface area (Å²) in [6.45, 7) is 2.03. The lowest BCUT2D eigenvalue weighted by Gasteiger charge is -2.01. The normalized spacial score (nSPS) is 16.1. The Balaban J connectivity index is 2.34. The lowest BCUT2D eigenvalue weighted by atomic mass is 10.1. The molecule has 1 aromatic carbocycles. The highest BCUT2D eigenvalue weighted by Crippen LogP contribution is 2.42. The van der Waals surface area contributed by atoms with Crippen LogP contribution in [0.2, 0.25) is 0 Å². The van der Waals surface area contributed by atoms with Crippen molar-refractivity contribution in [1.82, 2.24) is 4.57 Å². The summed E-state index contributed by atoms with van der Waals surface area (Å²) < 4.78 is 3.07. The van der Waals surface area contributed by atoms with Crippen molar-refractivity contribution in [2.24, 2.45) is 0 Å². The first kappa shape index (κ1) is 9.28. The number of benzene rings is 1. The average Bonchev–Trinajstić information content (AvgIpc) is 2.92. The van der Waals surface area contributed by atoms with Gasteiger partial charge in [0, 0.05) is 27.5 Å². The molecule has 1 aliphatic carbocycles. The van der Waals surface area contributed by atoms with Crippen molar-refractivity contribution in [1.29, 1.82) is 0 Å². The molecule has 1 N–H and O–H groups in total. The van der Waals surface area contributed by atoms with Crippen LogP contribution in [0.25, 0.3) is 10.8 Å². The van der Waals surface area contributed by atoms with E-state index in [0.717, 1.165) is 20.8 Å². The van der Waals surface area contributed by atoms with E-state index in [0.29, 0.717) is 11.9 Å². The molecule has 0 unspecified atom stereocenters. The highest BCUT2D eigenvalue weighted by Gasteiger charge is 2.26. The molecule has 1 aromatic heterocycles. The molecule has 0 atom stereocenters. The molecule has 1 saturated carbocycles. The molecule has 15 heavy (non-hydrogen) atoms. The molecular formula is C12H12BrNO. The smallest absolute Gasteiger partial charge is 0.199 e. The number of halogens is 1. The molecular weight excluding hydrogens is 254 g/mol. The summed E-state index contributed by atoms with van der Waals surface area (Å²) in [6, 6.07) is 4.62. The largest absolute Gasteiger partial charge is 0.494 e. The summed E-state index contributed by atoms with van der Waals surface area (Å²) in [5.41, 5.74) is 1.12. The molecule has 0 spiro atoms. The number of fused-ring (bicyclic) bond motifs is 1. The van der Waals surface area contributed by atoms with E-state index in [1.165, 1.54) is 12.8 Å². The van der Waals surface area contributed by atoms with Crippen LogP contribution in [0, 0.1) is 6.92 Å². The summed E-state index contributed by atoms with van der Waals surface area (Å²) in [6.07, 6.45) is 4.43. The number of aromatic nitrogens is 1. The lowest BCUT2D eigenvalue weighted by Crippen LogP contribution is -1.88. The first-order valence-electron chi connectivity index (χ1n) is 5.16. The Morgan fingerprint density at radius 3 is 2.80 bits per heavy atom. The first-order valence-corrected chi connectivity index (χ1v) is 5.96. The van der Waals surface area contributed by atoms with Crippen LogP contribution in [0.3, 0.4) is 0 Å². The summed E-state index contributed by atoms with van der Waals surface area (Å²) in [7, 11) is 0. The topological polar surface area (TPSA) is 25.2 Å². The lowest BCUT2D eigenvalue weighted by molar-refractivity contribution is 0.424. The Morgan fingerprint density at radius 2 is 2.13 bits per heavy atom. The number of aryl methyl sites for hydroxylation is 1. The number of rotatable bonds is 1. The molecule has 0 saturated heterocycles. The van der Waals surface area contributed by atoms with Gasteiger partial charge in [-0.2, -0.15) is 0 Å². The van der Waals surface area contributed by atoms with Gasteiger partial charge >= 0.3 is 0 Å². The maximum absolute atomic E-state index is 10.1. The molecule has 1 aliphatic rings. The van der Waals surface area contributed by atoms with Gasteiger partial charge in [0.1, 0.15) is 0 Å². The molecule has 1 heterocycles. The third-order valence-corrected chi connectivity index (χ3v) is 3.48. The van der Waals surface area contributed by atoms with E-state index in [1.54, 1.807) is 0 Å². The Kier molecular flexibility index (Phi) is 1.87. The van der Waals surface area contributed by atoms with Crippen molar-refractivity contribution >= 4 is 26.7 Å². The van der Waals surface area contributed by atoms with Gasteiger partial charge in [0.2, 0.25) is 0 Å². The standard InChI is InChI=1S/C12H12BrNO/c1-7-4-9(13)5-8-6-14(10-2-3-10)12(15)11(7)8/h4-6,10,15H,2-3H2,1H3. The van der Waals surface area contributed by atoms with Crippen molar-refractivity contribution in [3.05, 3.63) is 28.4 Å². The van der Waals surface area contributed by atoms with Crippen LogP contribution in [-0.2, 0) is 0 Å². The second-order valence-corrected chi connectivity index (χ2v) is 5.19. The van der Waals surface area contributed by atoms with E-state index in [2.05, 4.69) is 28.2 Å². The Bertz CT molecular complexity index is 540. The molecule has 0 amide bonds. The van der Waals surface area contributed by atoms with Gasteiger partial charge in [-0.15, -0.1) is 0 Å². The SMILES string of the molecule is Cc1cc(Br)cc2cn(C3CC3)c(O)c12. The van der Waals surface area contributed by atoms with Crippen LogP contribution < -0.4 is 0 Å². The Hall–Kier alpha value is -0.960. The number of hydrogen-bond donors (Lipinski definition) is 1. The second-order valence-electron chi connectivity index (χ2n) is 4.28. The second kappa shape index (κ2) is 3.01. The number of hydrogen-bond acceptors (Lipinski definition) is 1. The minimum Gasteiger partial charge on any atom is -0.494 e. The average molecular weight is 266 g/mol. The van der Waals surface area contributed by atoms with Crippen molar-refractivity contribution < 1.29 is 5.11 Å². The van der Waals surface area contributed by atoms with Crippen LogP contribution in [0.5, 0.6) is 5.88 Å². The number of nitrogens with zero attached hydrogens (tertiary/aromatic N) is 1. The van der Waals surface area contributed by atoms with Gasteiger partial charge in [0.15, 0.2) is 5.88 Å². The molecule has 0 radical (unpaired) electrons. The first-order chi connectivity index (χ1) is 7.16. The summed E-state index contributed by atoms with van der Waals surface area (Å²) in [5, 5.41) is 12.2. The van der Waals surface area contributed by atoms with Crippen molar-refractivity contribution in [2.75, 3.05) is 0 Å². The van der Waals surface area contributed by atoms with Crippen LogP contribution in [-0.4, -0.2) is 9.67 Å². The highest BCUT2D eigenvalue weighted by molar-refractivity contribution is 9.10. The van der Waals surface area contributed by atoms with Crippen LogP contribution in [0.1, 0.15) is 24.4 Å². The maximum Gasteiger partial charge on any atom is 0.199 e. The van der Waals surface area contributed by atoms with Crippen LogP contribution >= 0.6 is 15.9 Å². The summed E-state index contributed by atoms with van der Waals surface area (Å²) in [4.78, 5) is 0.